The highest BCUT2D eigenvalue weighted by molar-refractivity contribution is 7.80. The van der Waals surface area contributed by atoms with Crippen molar-refractivity contribution in [3.05, 3.63) is 33.4 Å². The summed E-state index contributed by atoms with van der Waals surface area (Å²) in [5.41, 5.74) is 6.62. The van der Waals surface area contributed by atoms with E-state index in [-0.39, 0.29) is 10.8 Å². The Morgan fingerprint density at radius 2 is 1.90 bits per heavy atom. The molecule has 0 aliphatic rings. The molecule has 0 bridgehead atoms. The summed E-state index contributed by atoms with van der Waals surface area (Å²) >= 11 is 4.97. The van der Waals surface area contributed by atoms with E-state index in [0.717, 1.165) is 5.56 Å². The standard InChI is InChI=1S/C11H15N5O3S/c1-6-4-7(2)9(16(18)19)5-8(6)13-11(20)15-14-10(17)12-3/h4-5H,1-3H3,(H2,12,14,17)(H2,13,15,20). The molecular weight excluding hydrogens is 282 g/mol. The van der Waals surface area contributed by atoms with Crippen molar-refractivity contribution in [2.45, 2.75) is 13.8 Å². The highest BCUT2D eigenvalue weighted by Gasteiger charge is 2.14. The van der Waals surface area contributed by atoms with Crippen molar-refractivity contribution in [3.63, 3.8) is 0 Å². The number of nitro benzene ring substituents is 1. The molecule has 0 heterocycles. The van der Waals surface area contributed by atoms with E-state index in [4.69, 9.17) is 12.2 Å². The molecular formula is C11H15N5O3S. The van der Waals surface area contributed by atoms with Gasteiger partial charge in [-0.2, -0.15) is 0 Å². The third kappa shape index (κ3) is 4.05. The molecule has 1 aromatic rings. The summed E-state index contributed by atoms with van der Waals surface area (Å²) in [6, 6.07) is 2.63. The lowest BCUT2D eigenvalue weighted by Gasteiger charge is -2.13. The van der Waals surface area contributed by atoms with Gasteiger partial charge in [-0.05, 0) is 37.7 Å². The van der Waals surface area contributed by atoms with E-state index in [9.17, 15) is 14.9 Å². The van der Waals surface area contributed by atoms with Gasteiger partial charge in [0, 0.05) is 18.7 Å². The molecule has 4 N–H and O–H groups in total. The van der Waals surface area contributed by atoms with Crippen LogP contribution in [0.25, 0.3) is 0 Å². The first-order valence-electron chi connectivity index (χ1n) is 5.65. The van der Waals surface area contributed by atoms with E-state index in [1.807, 2.05) is 0 Å². The summed E-state index contributed by atoms with van der Waals surface area (Å²) in [6.45, 7) is 3.46. The number of nitrogens with zero attached hydrogens (tertiary/aromatic N) is 1. The Kier molecular flexibility index (Phi) is 5.21. The minimum atomic E-state index is -0.459. The zero-order valence-electron chi connectivity index (χ0n) is 11.2. The highest BCUT2D eigenvalue weighted by atomic mass is 32.1. The fourth-order valence-electron chi connectivity index (χ4n) is 1.50. The quantitative estimate of drug-likeness (QED) is 0.373. The van der Waals surface area contributed by atoms with Gasteiger partial charge >= 0.3 is 6.03 Å². The molecule has 0 aromatic heterocycles. The Hall–Kier alpha value is -2.42. The third-order valence-corrected chi connectivity index (χ3v) is 2.71. The van der Waals surface area contributed by atoms with Crippen LogP contribution >= 0.6 is 12.2 Å². The first-order valence-corrected chi connectivity index (χ1v) is 6.06. The Morgan fingerprint density at radius 3 is 2.45 bits per heavy atom. The molecule has 0 atom stereocenters. The number of anilines is 1. The van der Waals surface area contributed by atoms with Crippen molar-refractivity contribution in [1.82, 2.24) is 16.2 Å². The first-order chi connectivity index (χ1) is 9.35. The molecule has 0 radical (unpaired) electrons. The van der Waals surface area contributed by atoms with Crippen LogP contribution in [0.2, 0.25) is 0 Å². The maximum Gasteiger partial charge on any atom is 0.333 e. The van der Waals surface area contributed by atoms with Crippen LogP contribution < -0.4 is 21.5 Å². The second kappa shape index (κ2) is 6.66. The fourth-order valence-corrected chi connectivity index (χ4v) is 1.66. The van der Waals surface area contributed by atoms with Crippen LogP contribution in [-0.2, 0) is 0 Å². The van der Waals surface area contributed by atoms with Gasteiger partial charge in [0.1, 0.15) is 0 Å². The molecule has 20 heavy (non-hydrogen) atoms. The number of benzene rings is 1. The van der Waals surface area contributed by atoms with E-state index in [1.165, 1.54) is 13.1 Å². The number of hydrogen-bond acceptors (Lipinski definition) is 4. The molecule has 0 aliphatic heterocycles. The number of nitro groups is 1. The maximum atomic E-state index is 11.0. The number of carbonyl (C=O) groups is 1. The zero-order valence-corrected chi connectivity index (χ0v) is 12.1. The minimum absolute atomic E-state index is 0.000149. The summed E-state index contributed by atoms with van der Waals surface area (Å²) in [7, 11) is 1.46. The van der Waals surface area contributed by atoms with E-state index in [0.29, 0.717) is 11.3 Å². The van der Waals surface area contributed by atoms with Crippen molar-refractivity contribution in [1.29, 1.82) is 0 Å². The van der Waals surface area contributed by atoms with Crippen LogP contribution in [0.4, 0.5) is 16.2 Å². The van der Waals surface area contributed by atoms with E-state index in [1.54, 1.807) is 19.9 Å². The lowest BCUT2D eigenvalue weighted by molar-refractivity contribution is -0.385. The largest absolute Gasteiger partial charge is 0.340 e. The second-order valence-electron chi connectivity index (χ2n) is 3.99. The Balaban J connectivity index is 2.82. The Bertz CT molecular complexity index is 561. The lowest BCUT2D eigenvalue weighted by Crippen LogP contribution is -2.47. The number of aryl methyl sites for hydroxylation is 2. The number of carbonyl (C=O) groups excluding carboxylic acids is 1. The first kappa shape index (κ1) is 15.6. The van der Waals surface area contributed by atoms with Crippen LogP contribution in [0.3, 0.4) is 0 Å². The second-order valence-corrected chi connectivity index (χ2v) is 4.40. The predicted octanol–water partition coefficient (Wildman–Crippen LogP) is 1.34. The topological polar surface area (TPSA) is 108 Å². The van der Waals surface area contributed by atoms with Gasteiger partial charge in [0.15, 0.2) is 5.11 Å². The number of hydrazine groups is 1. The van der Waals surface area contributed by atoms with Gasteiger partial charge in [-0.25, -0.2) is 10.2 Å². The summed E-state index contributed by atoms with van der Waals surface area (Å²) in [5, 5.41) is 16.1. The molecule has 108 valence electrons. The normalized spacial score (nSPS) is 9.55. The van der Waals surface area contributed by atoms with Gasteiger partial charge in [-0.15, -0.1) is 0 Å². The van der Waals surface area contributed by atoms with Gasteiger partial charge in [-0.3, -0.25) is 15.5 Å². The molecule has 8 nitrogen and oxygen atoms in total. The van der Waals surface area contributed by atoms with Gasteiger partial charge in [0.05, 0.1) is 10.6 Å². The van der Waals surface area contributed by atoms with Crippen LogP contribution in [-0.4, -0.2) is 23.1 Å². The maximum absolute atomic E-state index is 11.0. The average Bonchev–Trinajstić information content (AvgIpc) is 2.38. The third-order valence-electron chi connectivity index (χ3n) is 2.50. The van der Waals surface area contributed by atoms with Crippen molar-refractivity contribution in [3.8, 4) is 0 Å². The highest BCUT2D eigenvalue weighted by Crippen LogP contribution is 2.26. The molecule has 1 aromatic carbocycles. The monoisotopic (exact) mass is 297 g/mol. The molecule has 0 aliphatic carbocycles. The van der Waals surface area contributed by atoms with Crippen molar-refractivity contribution < 1.29 is 9.72 Å². The van der Waals surface area contributed by atoms with Gasteiger partial charge in [0.2, 0.25) is 0 Å². The summed E-state index contributed by atoms with van der Waals surface area (Å²) in [5.74, 6) is 0. The average molecular weight is 297 g/mol. The SMILES string of the molecule is CNC(=O)NNC(=S)Nc1cc([N+](=O)[O-])c(C)cc1C. The number of amides is 2. The molecule has 0 saturated heterocycles. The van der Waals surface area contributed by atoms with Crippen molar-refractivity contribution >= 4 is 34.7 Å². The Labute approximate surface area is 121 Å². The minimum Gasteiger partial charge on any atom is -0.340 e. The number of rotatable bonds is 2. The number of hydrogen-bond donors (Lipinski definition) is 4. The van der Waals surface area contributed by atoms with Crippen LogP contribution in [0.15, 0.2) is 12.1 Å². The molecule has 0 saturated carbocycles. The summed E-state index contributed by atoms with van der Waals surface area (Å²) in [4.78, 5) is 21.4. The van der Waals surface area contributed by atoms with Crippen molar-refractivity contribution in [2.75, 3.05) is 12.4 Å². The number of nitrogens with one attached hydrogen (secondary N) is 4. The van der Waals surface area contributed by atoms with E-state index in [2.05, 4.69) is 21.5 Å². The van der Waals surface area contributed by atoms with Gasteiger partial charge < -0.3 is 10.6 Å². The molecule has 2 amide bonds. The lowest BCUT2D eigenvalue weighted by atomic mass is 10.1. The molecule has 9 heteroatoms. The number of urea groups is 1. The zero-order chi connectivity index (χ0) is 15.3. The van der Waals surface area contributed by atoms with Gasteiger partial charge in [-0.1, -0.05) is 0 Å². The molecule has 0 fully saturated rings. The Morgan fingerprint density at radius 1 is 1.25 bits per heavy atom. The predicted molar refractivity (Wildman–Crippen MR) is 79.5 cm³/mol. The van der Waals surface area contributed by atoms with E-state index < -0.39 is 11.0 Å². The fraction of sp³-hybridized carbons (Fsp3) is 0.273. The molecule has 1 rings (SSSR count). The summed E-state index contributed by atoms with van der Waals surface area (Å²) in [6.07, 6.45) is 0. The van der Waals surface area contributed by atoms with Crippen LogP contribution in [0.5, 0.6) is 0 Å². The van der Waals surface area contributed by atoms with Crippen LogP contribution in [0, 0.1) is 24.0 Å². The van der Waals surface area contributed by atoms with Gasteiger partial charge in [0.25, 0.3) is 5.69 Å². The summed E-state index contributed by atoms with van der Waals surface area (Å²) < 4.78 is 0. The number of thiocarbonyl (C=S) groups is 1. The molecule has 0 spiro atoms. The van der Waals surface area contributed by atoms with Crippen molar-refractivity contribution in [2.24, 2.45) is 0 Å². The smallest absolute Gasteiger partial charge is 0.333 e. The van der Waals surface area contributed by atoms with Crippen LogP contribution in [0.1, 0.15) is 11.1 Å². The molecule has 0 unspecified atom stereocenters. The van der Waals surface area contributed by atoms with E-state index >= 15 is 0 Å².